The van der Waals surface area contributed by atoms with Gasteiger partial charge in [0, 0.05) is 12.7 Å². The average molecular weight is 386 g/mol. The van der Waals surface area contributed by atoms with Crippen LogP contribution in [0.1, 0.15) is 15.9 Å². The van der Waals surface area contributed by atoms with Crippen molar-refractivity contribution in [2.75, 3.05) is 0 Å². The van der Waals surface area contributed by atoms with Crippen LogP contribution in [0.4, 0.5) is 0 Å². The largest absolute Gasteiger partial charge is 0.457 e. The van der Waals surface area contributed by atoms with E-state index in [4.69, 9.17) is 4.74 Å². The fourth-order valence-electron chi connectivity index (χ4n) is 1.15. The fraction of sp³-hybridized carbons (Fsp3) is 0.125. The monoisotopic (exact) mass is 386 g/mol. The highest BCUT2D eigenvalue weighted by Crippen LogP contribution is 2.28. The summed E-state index contributed by atoms with van der Waals surface area (Å²) in [7, 11) is 0. The molecule has 2 rings (SSSR count). The van der Waals surface area contributed by atoms with E-state index in [-0.39, 0.29) is 5.97 Å². The molecule has 1 aliphatic heterocycles. The average Bonchev–Trinajstić information content (AvgIpc) is 2.41. The van der Waals surface area contributed by atoms with E-state index in [1.807, 2.05) is 12.1 Å². The number of rotatable bonds is 0. The van der Waals surface area contributed by atoms with E-state index in [1.54, 1.807) is 0 Å². The van der Waals surface area contributed by atoms with Gasteiger partial charge in [-0.15, -0.1) is 0 Å². The van der Waals surface area contributed by atoms with Crippen molar-refractivity contribution >= 4 is 51.2 Å². The highest BCUT2D eigenvalue weighted by Gasteiger charge is 2.24. The molecule has 1 aromatic rings. The van der Waals surface area contributed by atoms with Crippen molar-refractivity contribution in [3.63, 3.8) is 0 Å². The standard InChI is InChI=1S/C8H4I2O2/c9-5-2-1-4-3-12-8(11)6(4)7(5)10/h1-2H,3H2. The quantitative estimate of drug-likeness (QED) is 0.507. The fourth-order valence-corrected chi connectivity index (χ4v) is 2.34. The van der Waals surface area contributed by atoms with Gasteiger partial charge in [-0.25, -0.2) is 4.79 Å². The molecule has 0 aliphatic carbocycles. The minimum atomic E-state index is -0.187. The van der Waals surface area contributed by atoms with Crippen LogP contribution in [0, 0.1) is 7.14 Å². The van der Waals surface area contributed by atoms with Crippen molar-refractivity contribution < 1.29 is 9.53 Å². The van der Waals surface area contributed by atoms with Crippen molar-refractivity contribution in [2.24, 2.45) is 0 Å². The van der Waals surface area contributed by atoms with E-state index < -0.39 is 0 Å². The Labute approximate surface area is 97.0 Å². The lowest BCUT2D eigenvalue weighted by Crippen LogP contribution is -1.98. The zero-order chi connectivity index (χ0) is 8.72. The Kier molecular flexibility index (Phi) is 2.28. The molecule has 0 unspecified atom stereocenters. The lowest BCUT2D eigenvalue weighted by atomic mass is 10.1. The Morgan fingerprint density at radius 1 is 1.33 bits per heavy atom. The lowest BCUT2D eigenvalue weighted by molar-refractivity contribution is 0.0534. The van der Waals surface area contributed by atoms with Gasteiger partial charge < -0.3 is 4.74 Å². The number of hydrogen-bond acceptors (Lipinski definition) is 2. The second kappa shape index (κ2) is 3.13. The first-order valence-electron chi connectivity index (χ1n) is 3.34. The summed E-state index contributed by atoms with van der Waals surface area (Å²) in [5.41, 5.74) is 1.76. The first kappa shape index (κ1) is 8.74. The molecule has 1 heterocycles. The van der Waals surface area contributed by atoms with Gasteiger partial charge in [-0.05, 0) is 51.2 Å². The molecule has 0 amide bonds. The van der Waals surface area contributed by atoms with E-state index in [9.17, 15) is 4.79 Å². The van der Waals surface area contributed by atoms with Crippen LogP contribution < -0.4 is 0 Å². The smallest absolute Gasteiger partial charge is 0.339 e. The molecule has 1 aliphatic rings. The molecule has 1 aromatic carbocycles. The Balaban J connectivity index is 2.71. The van der Waals surface area contributed by atoms with Gasteiger partial charge >= 0.3 is 5.97 Å². The number of carbonyl (C=O) groups excluding carboxylic acids is 1. The van der Waals surface area contributed by atoms with Crippen molar-refractivity contribution in [3.8, 4) is 0 Å². The summed E-state index contributed by atoms with van der Waals surface area (Å²) < 4.78 is 7.02. The molecule has 4 heteroatoms. The molecule has 0 atom stereocenters. The molecule has 0 saturated carbocycles. The number of carbonyl (C=O) groups is 1. The second-order valence-corrected chi connectivity index (χ2v) is 4.71. The van der Waals surface area contributed by atoms with Gasteiger partial charge in [-0.3, -0.25) is 0 Å². The van der Waals surface area contributed by atoms with Gasteiger partial charge in [-0.1, -0.05) is 6.07 Å². The zero-order valence-electron chi connectivity index (χ0n) is 5.93. The van der Waals surface area contributed by atoms with Crippen LogP contribution in [-0.2, 0) is 11.3 Å². The second-order valence-electron chi connectivity index (χ2n) is 2.47. The van der Waals surface area contributed by atoms with Gasteiger partial charge in [0.15, 0.2) is 0 Å². The van der Waals surface area contributed by atoms with Crippen molar-refractivity contribution in [1.82, 2.24) is 0 Å². The van der Waals surface area contributed by atoms with Gasteiger partial charge in [-0.2, -0.15) is 0 Å². The maximum Gasteiger partial charge on any atom is 0.339 e. The third-order valence-corrected chi connectivity index (χ3v) is 4.80. The molecule has 0 aromatic heterocycles. The van der Waals surface area contributed by atoms with Crippen LogP contribution in [-0.4, -0.2) is 5.97 Å². The molecule has 0 fully saturated rings. The summed E-state index contributed by atoms with van der Waals surface area (Å²) in [6.45, 7) is 0.432. The number of cyclic esters (lactones) is 1. The van der Waals surface area contributed by atoms with Gasteiger partial charge in [0.05, 0.1) is 5.56 Å². The Bertz CT molecular complexity index is 360. The summed E-state index contributed by atoms with van der Waals surface area (Å²) in [5, 5.41) is 0. The van der Waals surface area contributed by atoms with Gasteiger partial charge in [0.1, 0.15) is 6.61 Å². The number of fused-ring (bicyclic) bond motifs is 1. The van der Waals surface area contributed by atoms with Gasteiger partial charge in [0.2, 0.25) is 0 Å². The number of ether oxygens (including phenoxy) is 1. The predicted octanol–water partition coefficient (Wildman–Crippen LogP) is 2.57. The zero-order valence-corrected chi connectivity index (χ0v) is 10.2. The molecule has 0 saturated heterocycles. The number of hydrogen-bond donors (Lipinski definition) is 0. The van der Waals surface area contributed by atoms with E-state index in [1.165, 1.54) is 0 Å². The molecule has 0 bridgehead atoms. The summed E-state index contributed by atoms with van der Waals surface area (Å²) in [6.07, 6.45) is 0. The third-order valence-electron chi connectivity index (χ3n) is 1.74. The van der Waals surface area contributed by atoms with E-state index in [0.29, 0.717) is 6.61 Å². The van der Waals surface area contributed by atoms with Crippen molar-refractivity contribution in [3.05, 3.63) is 30.4 Å². The minimum absolute atomic E-state index is 0.187. The number of esters is 1. The van der Waals surface area contributed by atoms with Crippen LogP contribution in [0.2, 0.25) is 0 Å². The summed E-state index contributed by atoms with van der Waals surface area (Å²) >= 11 is 4.39. The first-order chi connectivity index (χ1) is 5.70. The topological polar surface area (TPSA) is 26.3 Å². The SMILES string of the molecule is O=C1OCc2ccc(I)c(I)c21. The molecular weight excluding hydrogens is 382 g/mol. The summed E-state index contributed by atoms with van der Waals surface area (Å²) in [4.78, 5) is 11.2. The Hall–Kier alpha value is 0.150. The molecule has 62 valence electrons. The number of halogens is 2. The van der Waals surface area contributed by atoms with Crippen LogP contribution in [0.3, 0.4) is 0 Å². The van der Waals surface area contributed by atoms with Crippen LogP contribution in [0.25, 0.3) is 0 Å². The molecule has 0 N–H and O–H groups in total. The number of benzene rings is 1. The Morgan fingerprint density at radius 3 is 2.83 bits per heavy atom. The summed E-state index contributed by atoms with van der Waals surface area (Å²) in [5.74, 6) is -0.187. The Morgan fingerprint density at radius 2 is 2.08 bits per heavy atom. The molecule has 12 heavy (non-hydrogen) atoms. The summed E-state index contributed by atoms with van der Waals surface area (Å²) in [6, 6.07) is 3.95. The minimum Gasteiger partial charge on any atom is -0.457 e. The highest BCUT2D eigenvalue weighted by molar-refractivity contribution is 14.1. The van der Waals surface area contributed by atoms with Crippen LogP contribution >= 0.6 is 45.2 Å². The normalized spacial score (nSPS) is 14.3. The molecule has 2 nitrogen and oxygen atoms in total. The van der Waals surface area contributed by atoms with Crippen LogP contribution in [0.5, 0.6) is 0 Å². The molecular formula is C8H4I2O2. The van der Waals surface area contributed by atoms with E-state index >= 15 is 0 Å². The van der Waals surface area contributed by atoms with Crippen LogP contribution in [0.15, 0.2) is 12.1 Å². The first-order valence-corrected chi connectivity index (χ1v) is 5.50. The predicted molar refractivity (Wildman–Crippen MR) is 61.0 cm³/mol. The van der Waals surface area contributed by atoms with Crippen molar-refractivity contribution in [1.29, 1.82) is 0 Å². The maximum atomic E-state index is 11.2. The van der Waals surface area contributed by atoms with Gasteiger partial charge in [0.25, 0.3) is 0 Å². The highest BCUT2D eigenvalue weighted by atomic mass is 127. The third kappa shape index (κ3) is 1.24. The van der Waals surface area contributed by atoms with Crippen molar-refractivity contribution in [2.45, 2.75) is 6.61 Å². The maximum absolute atomic E-state index is 11.2. The van der Waals surface area contributed by atoms with E-state index in [0.717, 1.165) is 18.3 Å². The molecule has 0 spiro atoms. The van der Waals surface area contributed by atoms with E-state index in [2.05, 4.69) is 45.2 Å². The molecule has 0 radical (unpaired) electrons. The lowest BCUT2D eigenvalue weighted by Gasteiger charge is -1.99.